The Labute approximate surface area is 311 Å². The van der Waals surface area contributed by atoms with E-state index in [1.54, 1.807) is 0 Å². The summed E-state index contributed by atoms with van der Waals surface area (Å²) >= 11 is 0. The second kappa shape index (κ2) is 12.1. The molecule has 0 amide bonds. The van der Waals surface area contributed by atoms with Crippen LogP contribution in [0.2, 0.25) is 0 Å². The maximum absolute atomic E-state index is 5.17. The van der Waals surface area contributed by atoms with Gasteiger partial charge in [0.25, 0.3) is 0 Å². The van der Waals surface area contributed by atoms with Gasteiger partial charge in [0, 0.05) is 49.6 Å². The maximum atomic E-state index is 5.17. The minimum atomic E-state index is 0.697. The predicted octanol–water partition coefficient (Wildman–Crippen LogP) is 12.8. The molecular weight excluding hydrogens is 657 g/mol. The van der Waals surface area contributed by atoms with E-state index in [-0.39, 0.29) is 0 Å². The molecule has 0 aliphatic rings. The number of aromatic nitrogens is 4. The first-order chi connectivity index (χ1) is 26.8. The van der Waals surface area contributed by atoms with Gasteiger partial charge in [0.2, 0.25) is 0 Å². The van der Waals surface area contributed by atoms with Gasteiger partial charge in [-0.3, -0.25) is 0 Å². The average Bonchev–Trinajstić information content (AvgIpc) is 3.77. The number of hydrogen-bond donors (Lipinski definition) is 0. The number of fused-ring (bicyclic) bond motifs is 8. The smallest absolute Gasteiger partial charge is 0.160 e. The Morgan fingerprint density at radius 3 is 1.70 bits per heavy atom. The van der Waals surface area contributed by atoms with Gasteiger partial charge in [-0.15, -0.1) is 0 Å². The predicted molar refractivity (Wildman–Crippen MR) is 225 cm³/mol. The molecule has 0 saturated heterocycles. The molecule has 0 unspecified atom stereocenters. The highest BCUT2D eigenvalue weighted by atomic mass is 15.0. The fourth-order valence-electron chi connectivity index (χ4n) is 8.22. The molecule has 0 aliphatic carbocycles. The molecule has 11 aromatic rings. The van der Waals surface area contributed by atoms with Gasteiger partial charge in [-0.05, 0) is 77.5 Å². The molecule has 252 valence electrons. The van der Waals surface area contributed by atoms with Gasteiger partial charge in [0.05, 0.1) is 33.5 Å². The Morgan fingerprint density at radius 1 is 0.333 bits per heavy atom. The Morgan fingerprint density at radius 2 is 0.926 bits per heavy atom. The van der Waals surface area contributed by atoms with Crippen molar-refractivity contribution in [1.29, 1.82) is 0 Å². The third-order valence-corrected chi connectivity index (χ3v) is 10.7. The quantitative estimate of drug-likeness (QED) is 0.180. The second-order valence-corrected chi connectivity index (χ2v) is 13.8. The van der Waals surface area contributed by atoms with Crippen LogP contribution in [0.15, 0.2) is 194 Å². The lowest BCUT2D eigenvalue weighted by atomic mass is 10.0. The zero-order chi connectivity index (χ0) is 35.6. The third-order valence-electron chi connectivity index (χ3n) is 10.7. The van der Waals surface area contributed by atoms with Gasteiger partial charge in [-0.1, -0.05) is 127 Å². The molecule has 3 aromatic heterocycles. The average molecular weight is 689 g/mol. The van der Waals surface area contributed by atoms with Gasteiger partial charge in [-0.2, -0.15) is 0 Å². The van der Waals surface area contributed by atoms with E-state index in [0.29, 0.717) is 5.82 Å². The van der Waals surface area contributed by atoms with E-state index in [1.165, 1.54) is 48.9 Å². The molecule has 0 fully saturated rings. The number of para-hydroxylation sites is 3. The van der Waals surface area contributed by atoms with Crippen LogP contribution in [-0.4, -0.2) is 19.1 Å². The molecule has 11 rings (SSSR count). The lowest BCUT2D eigenvalue weighted by molar-refractivity contribution is 1.16. The lowest BCUT2D eigenvalue weighted by Gasteiger charge is -2.12. The van der Waals surface area contributed by atoms with Crippen LogP contribution in [0.5, 0.6) is 0 Å². The van der Waals surface area contributed by atoms with Crippen LogP contribution >= 0.6 is 0 Å². The monoisotopic (exact) mass is 688 g/mol. The lowest BCUT2D eigenvalue weighted by Crippen LogP contribution is -1.97. The Hall–Kier alpha value is -7.30. The van der Waals surface area contributed by atoms with Gasteiger partial charge < -0.3 is 9.13 Å². The van der Waals surface area contributed by atoms with E-state index in [9.17, 15) is 0 Å². The number of benzene rings is 8. The maximum Gasteiger partial charge on any atom is 0.160 e. The first-order valence-electron chi connectivity index (χ1n) is 18.3. The Bertz CT molecular complexity index is 3190. The molecule has 8 aromatic carbocycles. The molecule has 0 spiro atoms. The summed E-state index contributed by atoms with van der Waals surface area (Å²) in [5.41, 5.74) is 11.9. The summed E-state index contributed by atoms with van der Waals surface area (Å²) in [5, 5.41) is 7.36. The summed E-state index contributed by atoms with van der Waals surface area (Å²) < 4.78 is 4.82. The molecule has 0 saturated carbocycles. The van der Waals surface area contributed by atoms with Crippen molar-refractivity contribution in [3.05, 3.63) is 194 Å². The van der Waals surface area contributed by atoms with Gasteiger partial charge >= 0.3 is 0 Å². The number of rotatable bonds is 5. The van der Waals surface area contributed by atoms with Crippen LogP contribution in [0.25, 0.3) is 99.7 Å². The van der Waals surface area contributed by atoms with Gasteiger partial charge in [0.1, 0.15) is 0 Å². The normalized spacial score (nSPS) is 11.7. The highest BCUT2D eigenvalue weighted by Gasteiger charge is 2.21. The van der Waals surface area contributed by atoms with Crippen molar-refractivity contribution >= 4 is 54.4 Å². The first kappa shape index (κ1) is 30.3. The van der Waals surface area contributed by atoms with Crippen molar-refractivity contribution in [2.24, 2.45) is 0 Å². The SMILES string of the molecule is c1ccc(-c2cc(-c3ccc4ccccc4c3)nc(-c3ccc(-n4c5ccccc5c5c4ccc4c6ccccc6n(-c6ccccc6)c45)cc3)n2)cc1. The van der Waals surface area contributed by atoms with Gasteiger partial charge in [0.15, 0.2) is 5.82 Å². The minimum absolute atomic E-state index is 0.697. The minimum Gasteiger partial charge on any atom is -0.309 e. The molecule has 3 heterocycles. The van der Waals surface area contributed by atoms with E-state index in [1.807, 2.05) is 6.07 Å². The van der Waals surface area contributed by atoms with E-state index < -0.39 is 0 Å². The van der Waals surface area contributed by atoms with Crippen LogP contribution < -0.4 is 0 Å². The van der Waals surface area contributed by atoms with E-state index >= 15 is 0 Å². The van der Waals surface area contributed by atoms with E-state index in [0.717, 1.165) is 45.0 Å². The van der Waals surface area contributed by atoms with Crippen molar-refractivity contribution < 1.29 is 0 Å². The molecule has 0 aliphatic heterocycles. The van der Waals surface area contributed by atoms with Gasteiger partial charge in [-0.25, -0.2) is 9.97 Å². The van der Waals surface area contributed by atoms with E-state index in [2.05, 4.69) is 197 Å². The van der Waals surface area contributed by atoms with Crippen molar-refractivity contribution in [3.63, 3.8) is 0 Å². The van der Waals surface area contributed by atoms with Crippen LogP contribution in [0.1, 0.15) is 0 Å². The summed E-state index contributed by atoms with van der Waals surface area (Å²) in [6.45, 7) is 0. The zero-order valence-electron chi connectivity index (χ0n) is 29.3. The second-order valence-electron chi connectivity index (χ2n) is 13.8. The number of hydrogen-bond acceptors (Lipinski definition) is 2. The van der Waals surface area contributed by atoms with Crippen molar-refractivity contribution in [1.82, 2.24) is 19.1 Å². The summed E-state index contributed by atoms with van der Waals surface area (Å²) in [7, 11) is 0. The van der Waals surface area contributed by atoms with Crippen LogP contribution in [0, 0.1) is 0 Å². The molecular formula is C50H32N4. The molecule has 4 nitrogen and oxygen atoms in total. The molecule has 54 heavy (non-hydrogen) atoms. The fourth-order valence-corrected chi connectivity index (χ4v) is 8.22. The van der Waals surface area contributed by atoms with Crippen LogP contribution in [0.3, 0.4) is 0 Å². The van der Waals surface area contributed by atoms with E-state index in [4.69, 9.17) is 9.97 Å². The topological polar surface area (TPSA) is 35.6 Å². The zero-order valence-corrected chi connectivity index (χ0v) is 29.3. The molecule has 0 atom stereocenters. The molecule has 0 radical (unpaired) electrons. The Balaban J connectivity index is 1.10. The van der Waals surface area contributed by atoms with Crippen LogP contribution in [0.4, 0.5) is 0 Å². The highest BCUT2D eigenvalue weighted by molar-refractivity contribution is 6.26. The third kappa shape index (κ3) is 4.78. The molecule has 0 bridgehead atoms. The first-order valence-corrected chi connectivity index (χ1v) is 18.3. The standard InChI is InChI=1S/C50H32N4/c1-3-14-34(15-4-1)43-32-44(37-24-23-33-13-7-8-16-36(33)31-37)52-50(51-43)35-25-27-39(28-26-35)53-46-22-12-10-20-42(46)48-47(53)30-29-41-40-19-9-11-21-45(40)54(49(41)48)38-17-5-2-6-18-38/h1-32H. The summed E-state index contributed by atoms with van der Waals surface area (Å²) in [6, 6.07) is 69.0. The number of nitrogens with zero attached hydrogens (tertiary/aromatic N) is 4. The van der Waals surface area contributed by atoms with Crippen molar-refractivity contribution in [2.45, 2.75) is 0 Å². The molecule has 4 heteroatoms. The summed E-state index contributed by atoms with van der Waals surface area (Å²) in [6.07, 6.45) is 0. The molecule has 0 N–H and O–H groups in total. The van der Waals surface area contributed by atoms with Crippen molar-refractivity contribution in [2.75, 3.05) is 0 Å². The fraction of sp³-hybridized carbons (Fsp3) is 0. The van der Waals surface area contributed by atoms with Crippen molar-refractivity contribution in [3.8, 4) is 45.3 Å². The summed E-state index contributed by atoms with van der Waals surface area (Å²) in [5.74, 6) is 0.697. The highest BCUT2D eigenvalue weighted by Crippen LogP contribution is 2.42. The van der Waals surface area contributed by atoms with Crippen LogP contribution in [-0.2, 0) is 0 Å². The Kier molecular flexibility index (Phi) is 6.82. The largest absolute Gasteiger partial charge is 0.309 e. The summed E-state index contributed by atoms with van der Waals surface area (Å²) in [4.78, 5) is 10.3.